The fraction of sp³-hybridized carbons (Fsp3) is 0.300. The molecule has 0 spiro atoms. The number of rotatable bonds is 8. The SMILES string of the molecule is CN=[S@@](=O)(OC/C=C/CO[S@](=O)(=NC)c1ccc(C)cc1)c1ccc(C)cc1. The third-order valence-corrected chi connectivity index (χ3v) is 7.54. The number of benzene rings is 2. The molecule has 152 valence electrons. The summed E-state index contributed by atoms with van der Waals surface area (Å²) in [5.74, 6) is 0. The van der Waals surface area contributed by atoms with Crippen molar-refractivity contribution < 1.29 is 16.8 Å². The van der Waals surface area contributed by atoms with Crippen molar-refractivity contribution in [1.82, 2.24) is 0 Å². The average Bonchev–Trinajstić information content (AvgIpc) is 2.71. The highest BCUT2D eigenvalue weighted by molar-refractivity contribution is 7.89. The Morgan fingerprint density at radius 3 is 1.32 bits per heavy atom. The summed E-state index contributed by atoms with van der Waals surface area (Å²) >= 11 is 0. The first-order valence-electron chi connectivity index (χ1n) is 8.70. The van der Waals surface area contributed by atoms with E-state index in [9.17, 15) is 8.42 Å². The first kappa shape index (κ1) is 22.3. The molecule has 0 fully saturated rings. The summed E-state index contributed by atoms with van der Waals surface area (Å²) in [6.45, 7) is 4.08. The molecule has 0 radical (unpaired) electrons. The Bertz CT molecular complexity index is 957. The monoisotopic (exact) mass is 422 g/mol. The van der Waals surface area contributed by atoms with Gasteiger partial charge in [-0.25, -0.2) is 17.1 Å². The summed E-state index contributed by atoms with van der Waals surface area (Å²) in [4.78, 5) is 1.05. The van der Waals surface area contributed by atoms with Gasteiger partial charge in [-0.15, -0.1) is 0 Å². The molecular formula is C20H26N2O4S2. The van der Waals surface area contributed by atoms with Gasteiger partial charge in [-0.2, -0.15) is 0 Å². The van der Waals surface area contributed by atoms with Crippen LogP contribution in [0, 0.1) is 13.8 Å². The highest BCUT2D eigenvalue weighted by Crippen LogP contribution is 2.17. The molecular weight excluding hydrogens is 396 g/mol. The van der Waals surface area contributed by atoms with E-state index in [0.717, 1.165) is 11.1 Å². The summed E-state index contributed by atoms with van der Waals surface area (Å²) in [7, 11) is -2.93. The number of nitrogens with zero attached hydrogens (tertiary/aromatic N) is 2. The normalized spacial score (nSPS) is 15.7. The van der Waals surface area contributed by atoms with E-state index in [0.29, 0.717) is 9.79 Å². The molecule has 0 saturated carbocycles. The van der Waals surface area contributed by atoms with Crippen molar-refractivity contribution >= 4 is 20.0 Å². The highest BCUT2D eigenvalue weighted by atomic mass is 32.2. The van der Waals surface area contributed by atoms with Gasteiger partial charge in [-0.05, 0) is 38.1 Å². The van der Waals surface area contributed by atoms with Gasteiger partial charge < -0.3 is 0 Å². The minimum absolute atomic E-state index is 0.0857. The summed E-state index contributed by atoms with van der Waals surface area (Å²) in [6.07, 6.45) is 3.31. The van der Waals surface area contributed by atoms with E-state index in [4.69, 9.17) is 8.37 Å². The molecule has 0 unspecified atom stereocenters. The zero-order valence-corrected chi connectivity index (χ0v) is 18.2. The van der Waals surface area contributed by atoms with Crippen LogP contribution in [-0.4, -0.2) is 35.7 Å². The smallest absolute Gasteiger partial charge is 0.193 e. The average molecular weight is 423 g/mol. The van der Waals surface area contributed by atoms with Crippen LogP contribution in [0.15, 0.2) is 79.2 Å². The van der Waals surface area contributed by atoms with E-state index in [1.54, 1.807) is 36.4 Å². The zero-order chi connectivity index (χ0) is 20.6. The topological polar surface area (TPSA) is 77.3 Å². The molecule has 2 atom stereocenters. The van der Waals surface area contributed by atoms with Crippen molar-refractivity contribution in [3.63, 3.8) is 0 Å². The molecule has 2 aromatic rings. The largest absolute Gasteiger partial charge is 0.277 e. The van der Waals surface area contributed by atoms with E-state index in [-0.39, 0.29) is 13.2 Å². The maximum absolute atomic E-state index is 12.8. The van der Waals surface area contributed by atoms with Crippen LogP contribution in [0.5, 0.6) is 0 Å². The van der Waals surface area contributed by atoms with Crippen LogP contribution in [-0.2, 0) is 28.4 Å². The van der Waals surface area contributed by atoms with Gasteiger partial charge in [0.15, 0.2) is 20.0 Å². The maximum atomic E-state index is 12.8. The van der Waals surface area contributed by atoms with Crippen molar-refractivity contribution in [2.45, 2.75) is 23.6 Å². The molecule has 0 heterocycles. The Balaban J connectivity index is 1.94. The first-order chi connectivity index (χ1) is 13.3. The molecule has 0 N–H and O–H groups in total. The summed E-state index contributed by atoms with van der Waals surface area (Å²) < 4.78 is 44.4. The van der Waals surface area contributed by atoms with Crippen molar-refractivity contribution in [2.24, 2.45) is 8.73 Å². The van der Waals surface area contributed by atoms with Crippen molar-refractivity contribution in [2.75, 3.05) is 27.3 Å². The van der Waals surface area contributed by atoms with Gasteiger partial charge in [-0.3, -0.25) is 8.37 Å². The van der Waals surface area contributed by atoms with E-state index >= 15 is 0 Å². The van der Waals surface area contributed by atoms with Crippen LogP contribution >= 0.6 is 0 Å². The third kappa shape index (κ3) is 5.75. The van der Waals surface area contributed by atoms with Crippen LogP contribution < -0.4 is 0 Å². The summed E-state index contributed by atoms with van der Waals surface area (Å²) in [5.41, 5.74) is 2.13. The van der Waals surface area contributed by atoms with E-state index in [1.807, 2.05) is 38.1 Å². The Labute approximate surface area is 168 Å². The molecule has 0 saturated heterocycles. The first-order valence-corrected chi connectivity index (χ1v) is 11.6. The van der Waals surface area contributed by atoms with Crippen molar-refractivity contribution in [3.8, 4) is 0 Å². The molecule has 0 aliphatic rings. The summed E-state index contributed by atoms with van der Waals surface area (Å²) in [6, 6.07) is 14.4. The standard InChI is InChI=1S/C20H26N2O4S2/c1-17-7-11-19(12-8-17)27(23,21-3)25-15-5-6-16-26-28(24,22-4)20-13-9-18(2)10-14-20/h5-14H,15-16H2,1-4H3/b6-5+/t27-,28-/m0/s1. The lowest BCUT2D eigenvalue weighted by Gasteiger charge is -2.10. The van der Waals surface area contributed by atoms with Crippen LogP contribution in [0.3, 0.4) is 0 Å². The van der Waals surface area contributed by atoms with Gasteiger partial charge in [0.25, 0.3) is 0 Å². The highest BCUT2D eigenvalue weighted by Gasteiger charge is 2.12. The van der Waals surface area contributed by atoms with Gasteiger partial charge in [0, 0.05) is 14.1 Å². The number of aryl methyl sites for hydroxylation is 2. The second kappa shape index (κ2) is 9.97. The Morgan fingerprint density at radius 2 is 1.04 bits per heavy atom. The molecule has 0 bridgehead atoms. The molecule has 0 amide bonds. The lowest BCUT2D eigenvalue weighted by molar-refractivity contribution is 0.373. The predicted molar refractivity (Wildman–Crippen MR) is 113 cm³/mol. The lowest BCUT2D eigenvalue weighted by Crippen LogP contribution is -2.08. The van der Waals surface area contributed by atoms with Crippen molar-refractivity contribution in [3.05, 3.63) is 71.8 Å². The molecule has 0 aliphatic heterocycles. The quantitative estimate of drug-likeness (QED) is 0.593. The number of hydrogen-bond donors (Lipinski definition) is 0. The molecule has 0 aromatic heterocycles. The zero-order valence-electron chi connectivity index (χ0n) is 16.5. The Morgan fingerprint density at radius 1 is 0.714 bits per heavy atom. The van der Waals surface area contributed by atoms with Crippen LogP contribution in [0.25, 0.3) is 0 Å². The van der Waals surface area contributed by atoms with Gasteiger partial charge >= 0.3 is 0 Å². The molecule has 0 aliphatic carbocycles. The fourth-order valence-electron chi connectivity index (χ4n) is 2.27. The second-order valence-corrected chi connectivity index (χ2v) is 10.0. The van der Waals surface area contributed by atoms with Crippen molar-refractivity contribution in [1.29, 1.82) is 0 Å². The molecule has 8 heteroatoms. The van der Waals surface area contributed by atoms with Gasteiger partial charge in [-0.1, -0.05) is 47.5 Å². The number of hydrogen-bond acceptors (Lipinski definition) is 6. The summed E-state index contributed by atoms with van der Waals surface area (Å²) in [5, 5.41) is 0. The minimum atomic E-state index is -2.93. The predicted octanol–water partition coefficient (Wildman–Crippen LogP) is 4.34. The Kier molecular flexibility index (Phi) is 7.94. The molecule has 2 rings (SSSR count). The minimum Gasteiger partial charge on any atom is -0.277 e. The maximum Gasteiger partial charge on any atom is 0.193 e. The van der Waals surface area contributed by atoms with Crippen LogP contribution in [0.1, 0.15) is 11.1 Å². The lowest BCUT2D eigenvalue weighted by atomic mass is 10.2. The molecule has 2 aromatic carbocycles. The molecule has 6 nitrogen and oxygen atoms in total. The van der Waals surface area contributed by atoms with Crippen LogP contribution in [0.4, 0.5) is 0 Å². The van der Waals surface area contributed by atoms with Gasteiger partial charge in [0.1, 0.15) is 0 Å². The van der Waals surface area contributed by atoms with Gasteiger partial charge in [0.2, 0.25) is 0 Å². The molecule has 28 heavy (non-hydrogen) atoms. The Hall–Kier alpha value is -2.00. The van der Waals surface area contributed by atoms with Gasteiger partial charge in [0.05, 0.1) is 23.0 Å². The second-order valence-electron chi connectivity index (χ2n) is 5.98. The van der Waals surface area contributed by atoms with E-state index < -0.39 is 20.0 Å². The van der Waals surface area contributed by atoms with E-state index in [2.05, 4.69) is 8.73 Å². The van der Waals surface area contributed by atoms with Crippen LogP contribution in [0.2, 0.25) is 0 Å². The third-order valence-electron chi connectivity index (χ3n) is 3.93. The van der Waals surface area contributed by atoms with E-state index in [1.165, 1.54) is 14.1 Å². The fourth-order valence-corrected chi connectivity index (χ4v) is 4.66.